The molecule has 0 radical (unpaired) electrons. The van der Waals surface area contributed by atoms with Gasteiger partial charge in [0.25, 0.3) is 0 Å². The van der Waals surface area contributed by atoms with Crippen molar-refractivity contribution in [3.05, 3.63) is 60.2 Å². The monoisotopic (exact) mass is 379 g/mol. The SMILES string of the molecule is COc1ccc(/C=C/C(=O)Nc2ccccc2OCCCC(F)(F)F)cc1. The first-order valence-corrected chi connectivity index (χ1v) is 8.29. The number of rotatable bonds is 8. The van der Waals surface area contributed by atoms with Gasteiger partial charge >= 0.3 is 6.18 Å². The molecule has 1 N–H and O–H groups in total. The van der Waals surface area contributed by atoms with Crippen molar-refractivity contribution in [1.29, 1.82) is 0 Å². The molecule has 0 bridgehead atoms. The van der Waals surface area contributed by atoms with E-state index in [9.17, 15) is 18.0 Å². The van der Waals surface area contributed by atoms with Crippen LogP contribution in [0.4, 0.5) is 18.9 Å². The topological polar surface area (TPSA) is 47.6 Å². The first-order valence-electron chi connectivity index (χ1n) is 8.29. The van der Waals surface area contributed by atoms with E-state index in [-0.39, 0.29) is 18.9 Å². The highest BCUT2D eigenvalue weighted by atomic mass is 19.4. The lowest BCUT2D eigenvalue weighted by Gasteiger charge is -2.12. The molecule has 0 aliphatic carbocycles. The lowest BCUT2D eigenvalue weighted by molar-refractivity contribution is -0.136. The molecule has 0 unspecified atom stereocenters. The molecule has 1 amide bonds. The number of carbonyl (C=O) groups is 1. The zero-order valence-electron chi connectivity index (χ0n) is 14.8. The summed E-state index contributed by atoms with van der Waals surface area (Å²) < 4.78 is 47.0. The quantitative estimate of drug-likeness (QED) is 0.515. The van der Waals surface area contributed by atoms with Gasteiger partial charge in [-0.05, 0) is 42.3 Å². The first-order chi connectivity index (χ1) is 12.9. The number of halogens is 3. The lowest BCUT2D eigenvalue weighted by atomic mass is 10.2. The average molecular weight is 379 g/mol. The number of alkyl halides is 3. The Bertz CT molecular complexity index is 771. The minimum Gasteiger partial charge on any atom is -0.497 e. The van der Waals surface area contributed by atoms with E-state index < -0.39 is 12.6 Å². The third-order valence-electron chi connectivity index (χ3n) is 3.55. The molecule has 0 spiro atoms. The summed E-state index contributed by atoms with van der Waals surface area (Å²) in [7, 11) is 1.57. The molecular formula is C20H20F3NO3. The number of carbonyl (C=O) groups excluding carboxylic acids is 1. The van der Waals surface area contributed by atoms with Crippen LogP contribution in [-0.2, 0) is 4.79 Å². The van der Waals surface area contributed by atoms with Gasteiger partial charge in [-0.25, -0.2) is 0 Å². The van der Waals surface area contributed by atoms with Crippen LogP contribution < -0.4 is 14.8 Å². The molecule has 144 valence electrons. The summed E-state index contributed by atoms with van der Waals surface area (Å²) >= 11 is 0. The predicted octanol–water partition coefficient (Wildman–Crippen LogP) is 5.07. The van der Waals surface area contributed by atoms with E-state index in [1.165, 1.54) is 6.08 Å². The number of para-hydroxylation sites is 2. The molecule has 2 aromatic carbocycles. The van der Waals surface area contributed by atoms with E-state index in [2.05, 4.69) is 5.32 Å². The van der Waals surface area contributed by atoms with Crippen LogP contribution in [0.1, 0.15) is 18.4 Å². The second-order valence-electron chi connectivity index (χ2n) is 5.66. The maximum atomic E-state index is 12.2. The molecule has 0 saturated heterocycles. The van der Waals surface area contributed by atoms with Crippen LogP contribution >= 0.6 is 0 Å². The Morgan fingerprint density at radius 2 is 1.81 bits per heavy atom. The summed E-state index contributed by atoms with van der Waals surface area (Å²) in [5.41, 5.74) is 1.22. The molecule has 0 aromatic heterocycles. The van der Waals surface area contributed by atoms with E-state index in [0.29, 0.717) is 17.2 Å². The summed E-state index contributed by atoms with van der Waals surface area (Å²) in [6.45, 7) is -0.0892. The van der Waals surface area contributed by atoms with Crippen molar-refractivity contribution in [1.82, 2.24) is 0 Å². The summed E-state index contributed by atoms with van der Waals surface area (Å²) in [6, 6.07) is 13.8. The Morgan fingerprint density at radius 3 is 2.48 bits per heavy atom. The van der Waals surface area contributed by atoms with Gasteiger partial charge in [0.15, 0.2) is 0 Å². The van der Waals surface area contributed by atoms with Crippen LogP contribution in [0.2, 0.25) is 0 Å². The molecule has 0 atom stereocenters. The Kier molecular flexibility index (Phi) is 7.28. The summed E-state index contributed by atoms with van der Waals surface area (Å²) in [6.07, 6.45) is -2.26. The maximum absolute atomic E-state index is 12.2. The summed E-state index contributed by atoms with van der Waals surface area (Å²) in [5, 5.41) is 2.66. The average Bonchev–Trinajstić information content (AvgIpc) is 2.64. The van der Waals surface area contributed by atoms with Gasteiger partial charge in [0.2, 0.25) is 5.91 Å². The number of hydrogen-bond acceptors (Lipinski definition) is 3. The number of ether oxygens (including phenoxy) is 2. The molecule has 27 heavy (non-hydrogen) atoms. The molecule has 0 fully saturated rings. The Balaban J connectivity index is 1.91. The zero-order valence-corrected chi connectivity index (χ0v) is 14.8. The van der Waals surface area contributed by atoms with Crippen molar-refractivity contribution >= 4 is 17.7 Å². The molecule has 2 aromatic rings. The van der Waals surface area contributed by atoms with Gasteiger partial charge in [0.05, 0.1) is 19.4 Å². The van der Waals surface area contributed by atoms with Crippen LogP contribution in [-0.4, -0.2) is 25.8 Å². The van der Waals surface area contributed by atoms with E-state index in [4.69, 9.17) is 9.47 Å². The van der Waals surface area contributed by atoms with E-state index in [1.54, 1.807) is 61.7 Å². The smallest absolute Gasteiger partial charge is 0.389 e. The van der Waals surface area contributed by atoms with Gasteiger partial charge in [0.1, 0.15) is 11.5 Å². The highest BCUT2D eigenvalue weighted by Gasteiger charge is 2.26. The highest BCUT2D eigenvalue weighted by molar-refractivity contribution is 6.02. The van der Waals surface area contributed by atoms with Gasteiger partial charge in [0, 0.05) is 12.5 Å². The number of anilines is 1. The zero-order chi connectivity index (χ0) is 19.7. The second-order valence-corrected chi connectivity index (χ2v) is 5.66. The fourth-order valence-electron chi connectivity index (χ4n) is 2.21. The van der Waals surface area contributed by atoms with Crippen molar-refractivity contribution in [2.75, 3.05) is 19.0 Å². The van der Waals surface area contributed by atoms with E-state index >= 15 is 0 Å². The minimum absolute atomic E-state index is 0.0892. The third kappa shape index (κ3) is 7.43. The number of hydrogen-bond donors (Lipinski definition) is 1. The molecule has 0 heterocycles. The van der Waals surface area contributed by atoms with Crippen molar-refractivity contribution in [2.45, 2.75) is 19.0 Å². The van der Waals surface area contributed by atoms with Crippen molar-refractivity contribution in [2.24, 2.45) is 0 Å². The summed E-state index contributed by atoms with van der Waals surface area (Å²) in [5.74, 6) is 0.663. The van der Waals surface area contributed by atoms with Crippen molar-refractivity contribution in [3.8, 4) is 11.5 Å². The summed E-state index contributed by atoms with van der Waals surface area (Å²) in [4.78, 5) is 12.1. The number of methoxy groups -OCH3 is 1. The standard InChI is InChI=1S/C20H20F3NO3/c1-26-16-10-7-15(8-11-16)9-12-19(25)24-17-5-2-3-6-18(17)27-14-4-13-20(21,22)23/h2-3,5-12H,4,13-14H2,1H3,(H,24,25)/b12-9+. The Labute approximate surface area is 155 Å². The number of benzene rings is 2. The molecule has 0 aliphatic rings. The van der Waals surface area contributed by atoms with E-state index in [1.807, 2.05) is 0 Å². The van der Waals surface area contributed by atoms with Crippen molar-refractivity contribution < 1.29 is 27.4 Å². The van der Waals surface area contributed by atoms with Crippen molar-refractivity contribution in [3.63, 3.8) is 0 Å². The molecular weight excluding hydrogens is 359 g/mol. The first kappa shape index (κ1) is 20.4. The highest BCUT2D eigenvalue weighted by Crippen LogP contribution is 2.25. The van der Waals surface area contributed by atoms with Crippen LogP contribution in [0, 0.1) is 0 Å². The van der Waals surface area contributed by atoms with E-state index in [0.717, 1.165) is 5.56 Å². The fraction of sp³-hybridized carbons (Fsp3) is 0.250. The van der Waals surface area contributed by atoms with Crippen LogP contribution in [0.15, 0.2) is 54.6 Å². The van der Waals surface area contributed by atoms with Gasteiger partial charge in [-0.1, -0.05) is 24.3 Å². The number of amides is 1. The van der Waals surface area contributed by atoms with Crippen LogP contribution in [0.5, 0.6) is 11.5 Å². The van der Waals surface area contributed by atoms with Gasteiger partial charge in [-0.15, -0.1) is 0 Å². The fourth-order valence-corrected chi connectivity index (χ4v) is 2.21. The molecule has 0 saturated carbocycles. The predicted molar refractivity (Wildman–Crippen MR) is 97.9 cm³/mol. The largest absolute Gasteiger partial charge is 0.497 e. The van der Waals surface area contributed by atoms with Gasteiger partial charge in [-0.2, -0.15) is 13.2 Å². The Morgan fingerprint density at radius 1 is 1.11 bits per heavy atom. The normalized spacial score (nSPS) is 11.4. The molecule has 2 rings (SSSR count). The van der Waals surface area contributed by atoms with Gasteiger partial charge in [-0.3, -0.25) is 4.79 Å². The Hall–Kier alpha value is -2.96. The van der Waals surface area contributed by atoms with Gasteiger partial charge < -0.3 is 14.8 Å². The minimum atomic E-state index is -4.21. The maximum Gasteiger partial charge on any atom is 0.389 e. The molecule has 7 heteroatoms. The molecule has 0 aliphatic heterocycles. The molecule has 4 nitrogen and oxygen atoms in total. The third-order valence-corrected chi connectivity index (χ3v) is 3.55. The second kappa shape index (κ2) is 9.66. The number of nitrogens with one attached hydrogen (secondary N) is 1. The lowest BCUT2D eigenvalue weighted by Crippen LogP contribution is -2.12. The van der Waals surface area contributed by atoms with Crippen LogP contribution in [0.25, 0.3) is 6.08 Å². The van der Waals surface area contributed by atoms with Crippen LogP contribution in [0.3, 0.4) is 0 Å².